The van der Waals surface area contributed by atoms with Crippen molar-refractivity contribution in [3.8, 4) is 11.5 Å². The lowest BCUT2D eigenvalue weighted by atomic mass is 10.0. The minimum Gasteiger partial charge on any atom is -0.497 e. The molecule has 0 aliphatic carbocycles. The van der Waals surface area contributed by atoms with E-state index >= 15 is 0 Å². The van der Waals surface area contributed by atoms with Crippen molar-refractivity contribution >= 4 is 38.6 Å². The van der Waals surface area contributed by atoms with E-state index < -0.39 is 11.9 Å². The van der Waals surface area contributed by atoms with Crippen molar-refractivity contribution in [2.24, 2.45) is 0 Å². The third-order valence-corrected chi connectivity index (χ3v) is 6.58. The Bertz CT molecular complexity index is 1210. The Hall–Kier alpha value is -3.67. The van der Waals surface area contributed by atoms with Crippen LogP contribution in [0.5, 0.6) is 11.5 Å². The van der Waals surface area contributed by atoms with Gasteiger partial charge >= 0.3 is 11.9 Å². The number of rotatable bonds is 10. The second kappa shape index (κ2) is 14.2. The number of benzene rings is 2. The van der Waals surface area contributed by atoms with E-state index in [1.165, 1.54) is 11.1 Å². The third-order valence-electron chi connectivity index (χ3n) is 5.61. The fourth-order valence-corrected chi connectivity index (χ4v) is 4.55. The highest BCUT2D eigenvalue weighted by molar-refractivity contribution is 7.22. The SMILES string of the molecule is COc1ccc(CNc2nc3ccc(OC)cc3s2)c(CCN2CCOCC2)c1.O=C(O)/C=C/C(=O)O. The summed E-state index contributed by atoms with van der Waals surface area (Å²) in [6, 6.07) is 12.3. The number of anilines is 1. The van der Waals surface area contributed by atoms with Crippen molar-refractivity contribution in [1.82, 2.24) is 9.88 Å². The van der Waals surface area contributed by atoms with Crippen LogP contribution in [0, 0.1) is 0 Å². The molecule has 3 aromatic rings. The number of carbonyl (C=O) groups is 2. The van der Waals surface area contributed by atoms with E-state index in [1.807, 2.05) is 24.3 Å². The summed E-state index contributed by atoms with van der Waals surface area (Å²) in [5, 5.41) is 20.0. The predicted octanol–water partition coefficient (Wildman–Crippen LogP) is 3.51. The van der Waals surface area contributed by atoms with Gasteiger partial charge in [-0.3, -0.25) is 4.90 Å². The minimum atomic E-state index is -1.26. The molecular weight excluding hydrogens is 498 g/mol. The maximum absolute atomic E-state index is 9.55. The Morgan fingerprint density at radius 1 is 1.03 bits per heavy atom. The molecule has 1 fully saturated rings. The number of hydrogen-bond acceptors (Lipinski definition) is 9. The van der Waals surface area contributed by atoms with Crippen LogP contribution >= 0.6 is 11.3 Å². The van der Waals surface area contributed by atoms with E-state index in [4.69, 9.17) is 29.4 Å². The summed E-state index contributed by atoms with van der Waals surface area (Å²) in [5.74, 6) is -0.758. The monoisotopic (exact) mass is 529 g/mol. The molecule has 10 nitrogen and oxygen atoms in total. The summed E-state index contributed by atoms with van der Waals surface area (Å²) in [7, 11) is 3.40. The van der Waals surface area contributed by atoms with Crippen LogP contribution in [0.1, 0.15) is 11.1 Å². The molecule has 0 spiro atoms. The number of ether oxygens (including phenoxy) is 3. The normalized spacial score (nSPS) is 13.7. The number of aromatic nitrogens is 1. The molecule has 4 rings (SSSR count). The molecule has 1 aromatic heterocycles. The number of nitrogens with zero attached hydrogens (tertiary/aromatic N) is 2. The second-order valence-electron chi connectivity index (χ2n) is 8.05. The van der Waals surface area contributed by atoms with Gasteiger partial charge in [-0.05, 0) is 47.9 Å². The van der Waals surface area contributed by atoms with Crippen LogP contribution in [0.15, 0.2) is 48.6 Å². The van der Waals surface area contributed by atoms with E-state index in [2.05, 4.69) is 22.3 Å². The first kappa shape index (κ1) is 27.9. The average molecular weight is 530 g/mol. The molecule has 0 bridgehead atoms. The van der Waals surface area contributed by atoms with Crippen LogP contribution in [0.4, 0.5) is 5.13 Å². The quantitative estimate of drug-likeness (QED) is 0.335. The molecule has 0 atom stereocenters. The van der Waals surface area contributed by atoms with Gasteiger partial charge in [-0.2, -0.15) is 0 Å². The maximum atomic E-state index is 9.55. The highest BCUT2D eigenvalue weighted by Gasteiger charge is 2.13. The van der Waals surface area contributed by atoms with Gasteiger partial charge in [0.25, 0.3) is 0 Å². The smallest absolute Gasteiger partial charge is 0.328 e. The van der Waals surface area contributed by atoms with Crippen molar-refractivity contribution in [2.75, 3.05) is 52.4 Å². The Morgan fingerprint density at radius 2 is 1.68 bits per heavy atom. The average Bonchev–Trinajstić information content (AvgIpc) is 3.32. The molecule has 37 heavy (non-hydrogen) atoms. The van der Waals surface area contributed by atoms with Crippen LogP contribution in [-0.2, 0) is 27.3 Å². The predicted molar refractivity (Wildman–Crippen MR) is 142 cm³/mol. The van der Waals surface area contributed by atoms with Crippen LogP contribution < -0.4 is 14.8 Å². The fraction of sp³-hybridized carbons (Fsp3) is 0.346. The summed E-state index contributed by atoms with van der Waals surface area (Å²) in [5.41, 5.74) is 3.57. The van der Waals surface area contributed by atoms with Crippen LogP contribution in [0.2, 0.25) is 0 Å². The molecule has 198 valence electrons. The maximum Gasteiger partial charge on any atom is 0.328 e. The molecule has 2 aromatic carbocycles. The molecule has 0 radical (unpaired) electrons. The molecule has 2 heterocycles. The summed E-state index contributed by atoms with van der Waals surface area (Å²) >= 11 is 1.65. The van der Waals surface area contributed by atoms with Gasteiger partial charge in [0.05, 0.1) is 37.6 Å². The number of methoxy groups -OCH3 is 2. The first-order valence-electron chi connectivity index (χ1n) is 11.7. The number of nitrogens with one attached hydrogen (secondary N) is 1. The standard InChI is InChI=1S/C22H27N3O3S.C4H4O4/c1-26-18-4-3-17(16(13-18)7-8-25-9-11-28-12-10-25)15-23-22-24-20-6-5-19(27-2)14-21(20)29-22;5-3(6)1-2-4(7)8/h3-6,13-14H,7-12,15H2,1-2H3,(H,23,24);1-2H,(H,5,6)(H,7,8)/b;2-1+. The zero-order chi connectivity index (χ0) is 26.6. The van der Waals surface area contributed by atoms with E-state index in [1.54, 1.807) is 25.6 Å². The van der Waals surface area contributed by atoms with Gasteiger partial charge in [-0.15, -0.1) is 0 Å². The van der Waals surface area contributed by atoms with Crippen LogP contribution in [0.25, 0.3) is 10.2 Å². The van der Waals surface area contributed by atoms with Crippen molar-refractivity contribution in [3.05, 3.63) is 59.7 Å². The Labute approximate surface area is 219 Å². The number of carboxylic acid groups (broad SMARTS) is 2. The topological polar surface area (TPSA) is 130 Å². The van der Waals surface area contributed by atoms with Gasteiger partial charge < -0.3 is 29.7 Å². The number of hydrogen-bond donors (Lipinski definition) is 3. The van der Waals surface area contributed by atoms with E-state index in [9.17, 15) is 9.59 Å². The van der Waals surface area contributed by atoms with Crippen molar-refractivity contribution in [2.45, 2.75) is 13.0 Å². The highest BCUT2D eigenvalue weighted by atomic mass is 32.1. The van der Waals surface area contributed by atoms with Crippen molar-refractivity contribution in [3.63, 3.8) is 0 Å². The summed E-state index contributed by atoms with van der Waals surface area (Å²) in [6.07, 6.45) is 2.11. The first-order chi connectivity index (χ1) is 17.9. The number of morpholine rings is 1. The fourth-order valence-electron chi connectivity index (χ4n) is 3.66. The molecule has 0 saturated carbocycles. The van der Waals surface area contributed by atoms with Crippen molar-refractivity contribution < 1.29 is 34.0 Å². The van der Waals surface area contributed by atoms with Crippen LogP contribution in [-0.4, -0.2) is 79.1 Å². The van der Waals surface area contributed by atoms with Gasteiger partial charge in [0, 0.05) is 38.3 Å². The summed E-state index contributed by atoms with van der Waals surface area (Å²) < 4.78 is 17.3. The van der Waals surface area contributed by atoms with Crippen LogP contribution in [0.3, 0.4) is 0 Å². The molecule has 1 aliphatic heterocycles. The number of carboxylic acids is 2. The summed E-state index contributed by atoms with van der Waals surface area (Å²) in [4.78, 5) is 26.3. The molecule has 1 aliphatic rings. The van der Waals surface area contributed by atoms with Gasteiger partial charge in [0.2, 0.25) is 0 Å². The molecule has 1 saturated heterocycles. The number of fused-ring (bicyclic) bond motifs is 1. The third kappa shape index (κ3) is 9.05. The van der Waals surface area contributed by atoms with Gasteiger partial charge in [-0.1, -0.05) is 17.4 Å². The number of aliphatic carboxylic acids is 2. The Balaban J connectivity index is 0.000000414. The minimum absolute atomic E-state index is 0.558. The molecule has 3 N–H and O–H groups in total. The zero-order valence-corrected chi connectivity index (χ0v) is 21.6. The van der Waals surface area contributed by atoms with Crippen molar-refractivity contribution in [1.29, 1.82) is 0 Å². The molecule has 0 amide bonds. The Kier molecular flexibility index (Phi) is 10.7. The van der Waals surface area contributed by atoms with E-state index in [0.29, 0.717) is 12.2 Å². The largest absolute Gasteiger partial charge is 0.497 e. The van der Waals surface area contributed by atoms with Gasteiger partial charge in [0.1, 0.15) is 11.5 Å². The summed E-state index contributed by atoms with van der Waals surface area (Å²) in [6.45, 7) is 5.44. The van der Waals surface area contributed by atoms with Gasteiger partial charge in [-0.25, -0.2) is 14.6 Å². The lowest BCUT2D eigenvalue weighted by molar-refractivity contribution is -0.134. The zero-order valence-electron chi connectivity index (χ0n) is 20.8. The first-order valence-corrected chi connectivity index (χ1v) is 12.5. The number of thiazole rings is 1. The second-order valence-corrected chi connectivity index (χ2v) is 9.09. The van der Waals surface area contributed by atoms with E-state index in [-0.39, 0.29) is 0 Å². The lowest BCUT2D eigenvalue weighted by Crippen LogP contribution is -2.37. The van der Waals surface area contributed by atoms with Gasteiger partial charge in [0.15, 0.2) is 5.13 Å². The molecular formula is C26H31N3O7S. The lowest BCUT2D eigenvalue weighted by Gasteiger charge is -2.26. The molecule has 0 unspecified atom stereocenters. The van der Waals surface area contributed by atoms with E-state index in [0.717, 1.165) is 72.7 Å². The molecule has 11 heteroatoms. The highest BCUT2D eigenvalue weighted by Crippen LogP contribution is 2.30. The Morgan fingerprint density at radius 3 is 2.32 bits per heavy atom.